The molecule has 8 N–H and O–H groups in total. The summed E-state index contributed by atoms with van der Waals surface area (Å²) in [7, 11) is 0. The molecule has 0 saturated carbocycles. The number of aliphatic hydroxyl groups is 1. The minimum absolute atomic E-state index is 0.505. The van der Waals surface area contributed by atoms with Crippen LogP contribution in [0.1, 0.15) is 6.42 Å². The van der Waals surface area contributed by atoms with E-state index in [1.165, 1.54) is 0 Å². The highest BCUT2D eigenvalue weighted by atomic mass is 16.4. The molecule has 0 aliphatic rings. The molecule has 0 spiro atoms. The van der Waals surface area contributed by atoms with Crippen LogP contribution in [0.4, 0.5) is 0 Å². The quantitative estimate of drug-likeness (QED) is 0.295. The van der Waals surface area contributed by atoms with Crippen molar-refractivity contribution in [3.05, 3.63) is 0 Å². The summed E-state index contributed by atoms with van der Waals surface area (Å²) in [5.41, 5.74) is 9.60. The van der Waals surface area contributed by atoms with Gasteiger partial charge in [0.1, 0.15) is 12.1 Å². The lowest BCUT2D eigenvalue weighted by Gasteiger charge is -1.99. The van der Waals surface area contributed by atoms with Gasteiger partial charge < -0.3 is 31.9 Å². The summed E-state index contributed by atoms with van der Waals surface area (Å²) < 4.78 is 0. The minimum Gasteiger partial charge on any atom is -0.481 e. The van der Waals surface area contributed by atoms with Gasteiger partial charge in [-0.1, -0.05) is 0 Å². The van der Waals surface area contributed by atoms with E-state index in [-0.39, 0.29) is 0 Å². The van der Waals surface area contributed by atoms with Crippen LogP contribution in [-0.4, -0.2) is 57.0 Å². The van der Waals surface area contributed by atoms with Crippen LogP contribution < -0.4 is 11.5 Å². The number of nitrogens with two attached hydrogens (primary N) is 2. The van der Waals surface area contributed by atoms with E-state index >= 15 is 0 Å². The molecule has 0 radical (unpaired) electrons. The zero-order valence-corrected chi connectivity index (χ0v) is 8.24. The molecule has 9 nitrogen and oxygen atoms in total. The van der Waals surface area contributed by atoms with Crippen LogP contribution in [0.15, 0.2) is 0 Å². The van der Waals surface area contributed by atoms with Crippen molar-refractivity contribution in [2.75, 3.05) is 6.61 Å². The van der Waals surface area contributed by atoms with Crippen LogP contribution >= 0.6 is 0 Å². The second kappa shape index (κ2) is 8.59. The molecule has 16 heavy (non-hydrogen) atoms. The standard InChI is InChI=1S/C4H7NO4.C3H7NO3/c5-2(4(8)9)1-3(6)7;4-2(1-5)3(6)7/h2H,1,5H2,(H,6,7)(H,8,9);2,5H,1,4H2,(H,6,7). The summed E-state index contributed by atoms with van der Waals surface area (Å²) >= 11 is 0. The molecule has 0 aromatic carbocycles. The van der Waals surface area contributed by atoms with Gasteiger partial charge in [-0.25, -0.2) is 0 Å². The number of rotatable bonds is 5. The zero-order chi connectivity index (χ0) is 13.3. The van der Waals surface area contributed by atoms with E-state index in [0.29, 0.717) is 0 Å². The van der Waals surface area contributed by atoms with Gasteiger partial charge in [-0.15, -0.1) is 0 Å². The van der Waals surface area contributed by atoms with Crippen molar-refractivity contribution in [3.63, 3.8) is 0 Å². The Morgan fingerprint density at radius 2 is 1.31 bits per heavy atom. The van der Waals surface area contributed by atoms with E-state index in [4.69, 9.17) is 31.9 Å². The molecule has 94 valence electrons. The first-order valence-electron chi connectivity index (χ1n) is 4.01. The number of carbonyl (C=O) groups is 3. The number of carboxylic acid groups (broad SMARTS) is 3. The van der Waals surface area contributed by atoms with E-state index in [1.807, 2.05) is 0 Å². The Bertz CT molecular complexity index is 255. The summed E-state index contributed by atoms with van der Waals surface area (Å²) in [4.78, 5) is 29.3. The first-order valence-corrected chi connectivity index (χ1v) is 4.01. The highest BCUT2D eigenvalue weighted by molar-refractivity contribution is 5.80. The van der Waals surface area contributed by atoms with Crippen LogP contribution in [0.25, 0.3) is 0 Å². The van der Waals surface area contributed by atoms with Gasteiger partial charge in [0.15, 0.2) is 0 Å². The largest absolute Gasteiger partial charge is 0.481 e. The van der Waals surface area contributed by atoms with Gasteiger partial charge in [-0.05, 0) is 0 Å². The van der Waals surface area contributed by atoms with Crippen molar-refractivity contribution in [2.45, 2.75) is 18.5 Å². The van der Waals surface area contributed by atoms with Gasteiger partial charge >= 0.3 is 17.9 Å². The van der Waals surface area contributed by atoms with E-state index in [9.17, 15) is 14.4 Å². The summed E-state index contributed by atoms with van der Waals surface area (Å²) in [5, 5.41) is 31.9. The molecular formula is C7H14N2O7. The fourth-order valence-electron chi connectivity index (χ4n) is 0.354. The number of aliphatic hydroxyl groups excluding tert-OH is 1. The zero-order valence-electron chi connectivity index (χ0n) is 8.24. The Balaban J connectivity index is 0. The first kappa shape index (κ1) is 16.7. The Hall–Kier alpha value is -1.71. The fourth-order valence-corrected chi connectivity index (χ4v) is 0.354. The Kier molecular flexibility index (Phi) is 8.97. The summed E-state index contributed by atoms with van der Waals surface area (Å²) in [6, 6.07) is -2.41. The first-order chi connectivity index (χ1) is 7.22. The molecule has 0 fully saturated rings. The number of hydrogen-bond acceptors (Lipinski definition) is 6. The Labute approximate surface area is 90.3 Å². The minimum atomic E-state index is -1.29. The predicted molar refractivity (Wildman–Crippen MR) is 50.6 cm³/mol. The summed E-state index contributed by atoms with van der Waals surface area (Å²) in [5.74, 6) is -3.68. The van der Waals surface area contributed by atoms with Gasteiger partial charge in [0, 0.05) is 0 Å². The molecule has 0 rings (SSSR count). The third kappa shape index (κ3) is 10.4. The van der Waals surface area contributed by atoms with Crippen molar-refractivity contribution < 1.29 is 34.8 Å². The molecule has 0 aromatic rings. The molecule has 2 unspecified atom stereocenters. The van der Waals surface area contributed by atoms with Crippen LogP contribution in [0, 0.1) is 0 Å². The van der Waals surface area contributed by atoms with Crippen molar-refractivity contribution >= 4 is 17.9 Å². The van der Waals surface area contributed by atoms with Crippen LogP contribution in [-0.2, 0) is 14.4 Å². The van der Waals surface area contributed by atoms with Crippen molar-refractivity contribution in [3.8, 4) is 0 Å². The third-order valence-corrected chi connectivity index (χ3v) is 1.23. The molecule has 0 aromatic heterocycles. The molecule has 0 aliphatic carbocycles. The summed E-state index contributed by atoms with van der Waals surface area (Å²) in [6.07, 6.45) is -0.532. The molecular weight excluding hydrogens is 224 g/mol. The van der Waals surface area contributed by atoms with Crippen LogP contribution in [0.3, 0.4) is 0 Å². The number of carboxylic acids is 3. The fraction of sp³-hybridized carbons (Fsp3) is 0.571. The van der Waals surface area contributed by atoms with Crippen molar-refractivity contribution in [2.24, 2.45) is 11.5 Å². The van der Waals surface area contributed by atoms with Crippen molar-refractivity contribution in [1.82, 2.24) is 0 Å². The average Bonchev–Trinajstić information content (AvgIpc) is 2.16. The highest BCUT2D eigenvalue weighted by Crippen LogP contribution is 1.86. The Morgan fingerprint density at radius 3 is 1.38 bits per heavy atom. The lowest BCUT2D eigenvalue weighted by atomic mass is 10.2. The van der Waals surface area contributed by atoms with Gasteiger partial charge in [-0.3, -0.25) is 14.4 Å². The highest BCUT2D eigenvalue weighted by Gasteiger charge is 2.14. The molecule has 0 bridgehead atoms. The van der Waals surface area contributed by atoms with Crippen molar-refractivity contribution in [1.29, 1.82) is 0 Å². The normalized spacial score (nSPS) is 12.9. The molecule has 0 aliphatic heterocycles. The maximum absolute atomic E-state index is 9.85. The molecule has 0 heterocycles. The molecule has 9 heteroatoms. The lowest BCUT2D eigenvalue weighted by Crippen LogP contribution is -2.33. The number of aliphatic carboxylic acids is 3. The maximum atomic E-state index is 9.85. The van der Waals surface area contributed by atoms with Gasteiger partial charge in [-0.2, -0.15) is 0 Å². The van der Waals surface area contributed by atoms with Gasteiger partial charge in [0.25, 0.3) is 0 Å². The lowest BCUT2D eigenvalue weighted by molar-refractivity contribution is -0.144. The third-order valence-electron chi connectivity index (χ3n) is 1.23. The van der Waals surface area contributed by atoms with E-state index < -0.39 is 43.0 Å². The van der Waals surface area contributed by atoms with Gasteiger partial charge in [0.2, 0.25) is 0 Å². The van der Waals surface area contributed by atoms with Crippen LogP contribution in [0.5, 0.6) is 0 Å². The van der Waals surface area contributed by atoms with E-state index in [2.05, 4.69) is 0 Å². The number of hydrogen-bond donors (Lipinski definition) is 6. The topological polar surface area (TPSA) is 184 Å². The smallest absolute Gasteiger partial charge is 0.322 e. The van der Waals surface area contributed by atoms with Gasteiger partial charge in [0.05, 0.1) is 13.0 Å². The molecule has 0 saturated heterocycles. The average molecular weight is 238 g/mol. The van der Waals surface area contributed by atoms with E-state index in [1.54, 1.807) is 0 Å². The maximum Gasteiger partial charge on any atom is 0.322 e. The second-order valence-electron chi connectivity index (χ2n) is 2.67. The Morgan fingerprint density at radius 1 is 0.938 bits per heavy atom. The monoisotopic (exact) mass is 238 g/mol. The SMILES string of the molecule is NC(CC(=O)O)C(=O)O.NC(CO)C(=O)O. The second-order valence-corrected chi connectivity index (χ2v) is 2.67. The molecule has 2 atom stereocenters. The van der Waals surface area contributed by atoms with E-state index in [0.717, 1.165) is 0 Å². The predicted octanol–water partition coefficient (Wildman–Crippen LogP) is -2.74. The summed E-state index contributed by atoms with van der Waals surface area (Å²) in [6.45, 7) is -0.505. The van der Waals surface area contributed by atoms with Crippen LogP contribution in [0.2, 0.25) is 0 Å². The molecule has 0 amide bonds.